The van der Waals surface area contributed by atoms with Crippen molar-refractivity contribution in [1.82, 2.24) is 5.32 Å². The Morgan fingerprint density at radius 1 is 1.24 bits per heavy atom. The highest BCUT2D eigenvalue weighted by Gasteiger charge is 2.14. The second kappa shape index (κ2) is 5.46. The molecule has 0 aliphatic carbocycles. The summed E-state index contributed by atoms with van der Waals surface area (Å²) >= 11 is 0. The van der Waals surface area contributed by atoms with Crippen molar-refractivity contribution in [2.45, 2.75) is 26.7 Å². The number of aryl methyl sites for hydroxylation is 2. The fourth-order valence-electron chi connectivity index (χ4n) is 2.49. The van der Waals surface area contributed by atoms with Crippen molar-refractivity contribution in [3.63, 3.8) is 0 Å². The molecule has 2 heteroatoms. The number of hydrogen-bond acceptors (Lipinski definition) is 1. The van der Waals surface area contributed by atoms with Crippen molar-refractivity contribution >= 4 is 5.83 Å². The fraction of sp³-hybridized carbons (Fsp3) is 0.467. The van der Waals surface area contributed by atoms with Crippen LogP contribution in [0.4, 0.5) is 4.39 Å². The first kappa shape index (κ1) is 12.3. The minimum absolute atomic E-state index is 0.0486. The Bertz CT molecular complexity index is 397. The summed E-state index contributed by atoms with van der Waals surface area (Å²) in [5.41, 5.74) is 2.83. The number of halogens is 1. The molecule has 0 spiro atoms. The van der Waals surface area contributed by atoms with Gasteiger partial charge in [-0.25, -0.2) is 4.39 Å². The van der Waals surface area contributed by atoms with Crippen LogP contribution < -0.4 is 5.32 Å². The number of benzene rings is 1. The van der Waals surface area contributed by atoms with Crippen molar-refractivity contribution in [3.05, 3.63) is 41.0 Å². The highest BCUT2D eigenvalue weighted by Crippen LogP contribution is 2.27. The van der Waals surface area contributed by atoms with E-state index in [1.807, 2.05) is 38.1 Å². The van der Waals surface area contributed by atoms with E-state index in [1.165, 1.54) is 0 Å². The van der Waals surface area contributed by atoms with Crippen molar-refractivity contribution in [3.8, 4) is 0 Å². The Labute approximate surface area is 103 Å². The molecule has 1 aliphatic heterocycles. The minimum Gasteiger partial charge on any atom is -0.317 e. The number of hydrogen-bond donors (Lipinski definition) is 1. The lowest BCUT2D eigenvalue weighted by atomic mass is 9.94. The zero-order valence-electron chi connectivity index (χ0n) is 10.6. The summed E-state index contributed by atoms with van der Waals surface area (Å²) in [7, 11) is 0. The molecule has 1 N–H and O–H groups in total. The Hall–Kier alpha value is -1.15. The van der Waals surface area contributed by atoms with Gasteiger partial charge in [0.05, 0.1) is 0 Å². The third kappa shape index (κ3) is 2.95. The van der Waals surface area contributed by atoms with Gasteiger partial charge in [0.25, 0.3) is 0 Å². The second-order valence-electron chi connectivity index (χ2n) is 4.87. The van der Waals surface area contributed by atoms with Crippen LogP contribution in [0.15, 0.2) is 24.3 Å². The normalized spacial score (nSPS) is 18.4. The molecule has 0 atom stereocenters. The smallest absolute Gasteiger partial charge is 0.127 e. The van der Waals surface area contributed by atoms with E-state index in [9.17, 15) is 4.39 Å². The van der Waals surface area contributed by atoms with Gasteiger partial charge in [0.2, 0.25) is 0 Å². The molecule has 0 aromatic heterocycles. The molecule has 92 valence electrons. The molecular weight excluding hydrogens is 213 g/mol. The number of allylic oxidation sites excluding steroid dienone is 1. The summed E-state index contributed by atoms with van der Waals surface area (Å²) in [6.45, 7) is 5.94. The van der Waals surface area contributed by atoms with E-state index in [2.05, 4.69) is 5.32 Å². The molecule has 0 radical (unpaired) electrons. The van der Waals surface area contributed by atoms with E-state index in [1.54, 1.807) is 0 Å². The van der Waals surface area contributed by atoms with Crippen LogP contribution in [-0.4, -0.2) is 13.1 Å². The first-order valence-electron chi connectivity index (χ1n) is 6.33. The molecule has 17 heavy (non-hydrogen) atoms. The Kier molecular flexibility index (Phi) is 3.95. The zero-order chi connectivity index (χ0) is 12.3. The summed E-state index contributed by atoms with van der Waals surface area (Å²) in [4.78, 5) is 0. The summed E-state index contributed by atoms with van der Waals surface area (Å²) in [5.74, 6) is 0.336. The SMILES string of the molecule is Cc1cccc(C)c1C(F)=CC1CCNCC1. The average Bonchev–Trinajstić information content (AvgIpc) is 2.30. The molecule has 1 nitrogen and oxygen atoms in total. The molecule has 1 aromatic rings. The minimum atomic E-state index is -0.0486. The monoisotopic (exact) mass is 233 g/mol. The van der Waals surface area contributed by atoms with Crippen molar-refractivity contribution < 1.29 is 4.39 Å². The molecule has 0 saturated carbocycles. The van der Waals surface area contributed by atoms with Crippen LogP contribution >= 0.6 is 0 Å². The molecule has 1 aromatic carbocycles. The molecule has 0 amide bonds. The number of nitrogens with one attached hydrogen (secondary N) is 1. The van der Waals surface area contributed by atoms with Gasteiger partial charge in [-0.1, -0.05) is 18.2 Å². The standard InChI is InChI=1S/C15H20FN/c1-11-4-3-5-12(2)15(11)14(16)10-13-6-8-17-9-7-13/h3-5,10,13,17H,6-9H2,1-2H3. The zero-order valence-corrected chi connectivity index (χ0v) is 10.6. The van der Waals surface area contributed by atoms with Crippen LogP contribution in [0, 0.1) is 19.8 Å². The Morgan fingerprint density at radius 2 is 1.82 bits per heavy atom. The van der Waals surface area contributed by atoms with Crippen LogP contribution in [0.2, 0.25) is 0 Å². The summed E-state index contributed by atoms with van der Waals surface area (Å²) in [6, 6.07) is 5.92. The van der Waals surface area contributed by atoms with Crippen molar-refractivity contribution in [2.75, 3.05) is 13.1 Å². The Morgan fingerprint density at radius 3 is 2.41 bits per heavy atom. The lowest BCUT2D eigenvalue weighted by molar-refractivity contribution is 0.434. The molecule has 1 saturated heterocycles. The van der Waals surface area contributed by atoms with E-state index in [-0.39, 0.29) is 5.83 Å². The van der Waals surface area contributed by atoms with Gasteiger partial charge in [-0.15, -0.1) is 0 Å². The fourth-order valence-corrected chi connectivity index (χ4v) is 2.49. The summed E-state index contributed by atoms with van der Waals surface area (Å²) in [6.07, 6.45) is 3.90. The second-order valence-corrected chi connectivity index (χ2v) is 4.87. The van der Waals surface area contributed by atoms with Crippen molar-refractivity contribution in [2.24, 2.45) is 5.92 Å². The van der Waals surface area contributed by atoms with Crippen LogP contribution in [-0.2, 0) is 0 Å². The van der Waals surface area contributed by atoms with E-state index in [0.29, 0.717) is 5.92 Å². The lowest BCUT2D eigenvalue weighted by Gasteiger charge is -2.20. The molecular formula is C15H20FN. The number of piperidine rings is 1. The topological polar surface area (TPSA) is 12.0 Å². The first-order chi connectivity index (χ1) is 8.18. The molecule has 1 heterocycles. The van der Waals surface area contributed by atoms with Crippen LogP contribution in [0.1, 0.15) is 29.5 Å². The largest absolute Gasteiger partial charge is 0.317 e. The summed E-state index contributed by atoms with van der Waals surface area (Å²) < 4.78 is 14.3. The van der Waals surface area contributed by atoms with Crippen LogP contribution in [0.5, 0.6) is 0 Å². The molecule has 0 bridgehead atoms. The van der Waals surface area contributed by atoms with Gasteiger partial charge in [-0.05, 0) is 62.9 Å². The molecule has 0 unspecified atom stereocenters. The van der Waals surface area contributed by atoms with E-state index in [4.69, 9.17) is 0 Å². The van der Waals surface area contributed by atoms with Gasteiger partial charge in [0, 0.05) is 5.56 Å². The third-order valence-electron chi connectivity index (χ3n) is 3.49. The van der Waals surface area contributed by atoms with Gasteiger partial charge in [0.15, 0.2) is 0 Å². The third-order valence-corrected chi connectivity index (χ3v) is 3.49. The maximum atomic E-state index is 14.3. The van der Waals surface area contributed by atoms with Gasteiger partial charge in [0.1, 0.15) is 5.83 Å². The van der Waals surface area contributed by atoms with Gasteiger partial charge in [-0.3, -0.25) is 0 Å². The van der Waals surface area contributed by atoms with Gasteiger partial charge < -0.3 is 5.32 Å². The Balaban J connectivity index is 2.23. The van der Waals surface area contributed by atoms with E-state index in [0.717, 1.165) is 42.6 Å². The average molecular weight is 233 g/mol. The van der Waals surface area contributed by atoms with E-state index >= 15 is 0 Å². The lowest BCUT2D eigenvalue weighted by Crippen LogP contribution is -2.26. The quantitative estimate of drug-likeness (QED) is 0.822. The number of rotatable bonds is 2. The maximum absolute atomic E-state index is 14.3. The van der Waals surface area contributed by atoms with Crippen molar-refractivity contribution in [1.29, 1.82) is 0 Å². The van der Waals surface area contributed by atoms with E-state index < -0.39 is 0 Å². The first-order valence-corrected chi connectivity index (χ1v) is 6.33. The predicted molar refractivity (Wildman–Crippen MR) is 70.6 cm³/mol. The van der Waals surface area contributed by atoms with Crippen LogP contribution in [0.25, 0.3) is 5.83 Å². The van der Waals surface area contributed by atoms with Gasteiger partial charge >= 0.3 is 0 Å². The predicted octanol–water partition coefficient (Wildman–Crippen LogP) is 3.61. The van der Waals surface area contributed by atoms with Gasteiger partial charge in [-0.2, -0.15) is 0 Å². The summed E-state index contributed by atoms with van der Waals surface area (Å²) in [5, 5.41) is 3.30. The molecule has 1 fully saturated rings. The highest BCUT2D eigenvalue weighted by molar-refractivity contribution is 5.65. The maximum Gasteiger partial charge on any atom is 0.127 e. The van der Waals surface area contributed by atoms with Crippen LogP contribution in [0.3, 0.4) is 0 Å². The molecule has 2 rings (SSSR count). The molecule has 1 aliphatic rings. The highest BCUT2D eigenvalue weighted by atomic mass is 19.1.